The van der Waals surface area contributed by atoms with E-state index in [0.29, 0.717) is 30.8 Å². The molecule has 0 aromatic heterocycles. The van der Waals surface area contributed by atoms with Crippen molar-refractivity contribution in [2.75, 3.05) is 24.7 Å². The van der Waals surface area contributed by atoms with Crippen LogP contribution in [0.2, 0.25) is 0 Å². The zero-order chi connectivity index (χ0) is 33.9. The second-order valence-electron chi connectivity index (χ2n) is 14.8. The Balaban J connectivity index is 0.000000223. The average Bonchev–Trinajstić information content (AvgIpc) is 3.12. The van der Waals surface area contributed by atoms with Crippen LogP contribution in [0.1, 0.15) is 124 Å². The fourth-order valence-electron chi connectivity index (χ4n) is 8.47. The number of allylic oxidation sites excluding steroid dienone is 1. The number of rotatable bonds is 9. The molecule has 274 valence electrons. The Bertz CT molecular complexity index is 1130. The lowest BCUT2D eigenvalue weighted by Gasteiger charge is -2.39. The molecule has 5 fully saturated rings. The van der Waals surface area contributed by atoms with Crippen LogP contribution in [-0.2, 0) is 9.47 Å². The quantitative estimate of drug-likeness (QED) is 0.249. The summed E-state index contributed by atoms with van der Waals surface area (Å²) in [5.41, 5.74) is 1.78. The molecule has 0 N–H and O–H groups in total. The highest BCUT2D eigenvalue weighted by Gasteiger charge is 2.45. The lowest BCUT2D eigenvalue weighted by atomic mass is 9.76. The van der Waals surface area contributed by atoms with Gasteiger partial charge in [0, 0.05) is 24.9 Å². The zero-order valence-electron chi connectivity index (χ0n) is 29.2. The highest BCUT2D eigenvalue weighted by Crippen LogP contribution is 2.45. The number of benzene rings is 1. The van der Waals surface area contributed by atoms with Gasteiger partial charge in [0.2, 0.25) is 0 Å². The largest absolute Gasteiger partial charge is 0.432 e. The van der Waals surface area contributed by atoms with E-state index in [0.717, 1.165) is 50.4 Å². The van der Waals surface area contributed by atoms with E-state index < -0.39 is 17.8 Å². The third kappa shape index (κ3) is 11.3. The number of halogens is 4. The van der Waals surface area contributed by atoms with Crippen LogP contribution < -0.4 is 4.74 Å². The zero-order valence-corrected chi connectivity index (χ0v) is 32.4. The molecule has 2 aliphatic carbocycles. The molecule has 0 spiro atoms. The molecule has 4 atom stereocenters. The minimum Gasteiger partial charge on any atom is -0.432 e. The van der Waals surface area contributed by atoms with Gasteiger partial charge in [0.05, 0.1) is 22.6 Å². The van der Waals surface area contributed by atoms with E-state index in [1.807, 2.05) is 0 Å². The molecule has 9 heteroatoms. The molecular formula is C39H60BrF3O3S2. The normalized spacial score (nSPS) is 31.9. The first kappa shape index (κ1) is 38.9. The van der Waals surface area contributed by atoms with Crippen LogP contribution >= 0.6 is 39.5 Å². The Morgan fingerprint density at radius 3 is 1.88 bits per heavy atom. The number of ether oxygens (including phenoxy) is 3. The van der Waals surface area contributed by atoms with Gasteiger partial charge >= 0.3 is 6.11 Å². The first-order valence-electron chi connectivity index (χ1n) is 19.0. The standard InChI is InChI=1S/C21H28BrF3O2.C18H30OS2.H2/c1-2-3-14-4-11-20(26-13-14)15-5-7-16(8-6-15)21(24,25)27-17-9-10-18(22)19(23)12-17;1-2-4-14-5-10-17(19-13-14)15-6-8-16(9-7-15)18-20-11-3-12-21-18;/h9-10,12,14-16,20H,2-8,11,13H2,1H3;14-15,17H,2-13H2,1H3;1H. The molecular weight excluding hydrogens is 717 g/mol. The van der Waals surface area contributed by atoms with Crippen molar-refractivity contribution in [1.82, 2.24) is 0 Å². The molecule has 4 unspecified atom stereocenters. The maximum absolute atomic E-state index is 14.5. The van der Waals surface area contributed by atoms with Gasteiger partial charge in [-0.3, -0.25) is 0 Å². The first-order chi connectivity index (χ1) is 23.3. The monoisotopic (exact) mass is 776 g/mol. The summed E-state index contributed by atoms with van der Waals surface area (Å²) >= 11 is 7.26. The van der Waals surface area contributed by atoms with Gasteiger partial charge in [-0.15, -0.1) is 23.5 Å². The van der Waals surface area contributed by atoms with Gasteiger partial charge in [-0.25, -0.2) is 4.39 Å². The molecule has 6 rings (SSSR count). The molecule has 3 saturated heterocycles. The number of hydrogen-bond acceptors (Lipinski definition) is 5. The number of thioether (sulfide) groups is 2. The van der Waals surface area contributed by atoms with E-state index in [9.17, 15) is 13.2 Å². The van der Waals surface area contributed by atoms with Crippen LogP contribution in [0.15, 0.2) is 32.5 Å². The van der Waals surface area contributed by atoms with Crippen LogP contribution in [0.25, 0.3) is 0 Å². The highest BCUT2D eigenvalue weighted by atomic mass is 79.9. The summed E-state index contributed by atoms with van der Waals surface area (Å²) in [4.78, 5) is 0. The topological polar surface area (TPSA) is 27.7 Å². The Morgan fingerprint density at radius 2 is 1.38 bits per heavy atom. The van der Waals surface area contributed by atoms with Gasteiger partial charge in [-0.05, 0) is 160 Å². The molecule has 48 heavy (non-hydrogen) atoms. The number of alkyl halides is 2. The third-order valence-electron chi connectivity index (χ3n) is 11.3. The summed E-state index contributed by atoms with van der Waals surface area (Å²) in [6.07, 6.45) is 16.7. The van der Waals surface area contributed by atoms with E-state index >= 15 is 0 Å². The Labute approximate surface area is 306 Å². The molecule has 2 saturated carbocycles. The average molecular weight is 778 g/mol. The lowest BCUT2D eigenvalue weighted by molar-refractivity contribution is -0.225. The second kappa shape index (κ2) is 19.5. The van der Waals surface area contributed by atoms with Crippen LogP contribution in [0, 0.1) is 35.4 Å². The van der Waals surface area contributed by atoms with Crippen LogP contribution in [-0.4, -0.2) is 43.0 Å². The molecule has 0 amide bonds. The predicted octanol–water partition coefficient (Wildman–Crippen LogP) is 13.1. The smallest absolute Gasteiger partial charge is 0.400 e. The Morgan fingerprint density at radius 1 is 0.812 bits per heavy atom. The van der Waals surface area contributed by atoms with Gasteiger partial charge in [0.25, 0.3) is 0 Å². The summed E-state index contributed by atoms with van der Waals surface area (Å²) in [7, 11) is 0. The van der Waals surface area contributed by atoms with Gasteiger partial charge in [-0.2, -0.15) is 8.78 Å². The summed E-state index contributed by atoms with van der Waals surface area (Å²) < 4.78 is 61.7. The number of hydrogen-bond donors (Lipinski definition) is 0. The summed E-state index contributed by atoms with van der Waals surface area (Å²) in [6.45, 7) is 6.34. The third-order valence-corrected chi connectivity index (χ3v) is 14.8. The summed E-state index contributed by atoms with van der Waals surface area (Å²) in [6, 6.07) is 3.73. The van der Waals surface area contributed by atoms with Crippen LogP contribution in [0.5, 0.6) is 5.75 Å². The van der Waals surface area contributed by atoms with Crippen molar-refractivity contribution in [2.45, 2.75) is 141 Å². The summed E-state index contributed by atoms with van der Waals surface area (Å²) in [5.74, 6) is 3.83. The van der Waals surface area contributed by atoms with Crippen molar-refractivity contribution in [3.05, 3.63) is 38.3 Å². The Kier molecular flexibility index (Phi) is 15.8. The molecule has 3 nitrogen and oxygen atoms in total. The maximum Gasteiger partial charge on any atom is 0.400 e. The van der Waals surface area contributed by atoms with Gasteiger partial charge in [-0.1, -0.05) is 32.3 Å². The van der Waals surface area contributed by atoms with E-state index in [-0.39, 0.29) is 17.8 Å². The molecule has 5 aliphatic rings. The second-order valence-corrected chi connectivity index (χ2v) is 18.2. The molecule has 3 aliphatic heterocycles. The highest BCUT2D eigenvalue weighted by molar-refractivity contribution is 9.10. The molecule has 3 heterocycles. The van der Waals surface area contributed by atoms with Crippen molar-refractivity contribution in [3.63, 3.8) is 0 Å². The van der Waals surface area contributed by atoms with Gasteiger partial charge < -0.3 is 14.2 Å². The van der Waals surface area contributed by atoms with E-state index in [1.54, 1.807) is 9.81 Å². The fraction of sp³-hybridized carbons (Fsp3) is 0.795. The molecule has 0 radical (unpaired) electrons. The van der Waals surface area contributed by atoms with Crippen molar-refractivity contribution < 1.29 is 28.8 Å². The van der Waals surface area contributed by atoms with Gasteiger partial charge in [0.15, 0.2) is 0 Å². The molecule has 1 aromatic rings. The lowest BCUT2D eigenvalue weighted by Crippen LogP contribution is -2.40. The predicted molar refractivity (Wildman–Crippen MR) is 200 cm³/mol. The fourth-order valence-corrected chi connectivity index (χ4v) is 11.5. The van der Waals surface area contributed by atoms with Crippen molar-refractivity contribution >= 4 is 39.5 Å². The van der Waals surface area contributed by atoms with Crippen molar-refractivity contribution in [2.24, 2.45) is 29.6 Å². The minimum atomic E-state index is -3.29. The summed E-state index contributed by atoms with van der Waals surface area (Å²) in [5, 5.41) is 0. The SMILES string of the molecule is CCCC1CCC(C2CCC(=C3SCCCS3)CC2)OC1.CCCC1CCC(C2CCC(C(F)(F)Oc3ccc(Br)c(F)c3)CC2)OC1.[HH]. The molecule has 0 bridgehead atoms. The minimum absolute atomic E-state index is 0. The van der Waals surface area contributed by atoms with E-state index in [2.05, 4.69) is 53.3 Å². The first-order valence-corrected chi connectivity index (χ1v) is 21.7. The van der Waals surface area contributed by atoms with E-state index in [1.165, 1.54) is 101 Å². The van der Waals surface area contributed by atoms with Gasteiger partial charge in [0.1, 0.15) is 11.6 Å². The van der Waals surface area contributed by atoms with Crippen molar-refractivity contribution in [1.29, 1.82) is 0 Å². The van der Waals surface area contributed by atoms with Crippen LogP contribution in [0.3, 0.4) is 0 Å². The maximum atomic E-state index is 14.5. The molecule has 1 aromatic carbocycles. The Hall–Kier alpha value is -0.350. The van der Waals surface area contributed by atoms with Crippen LogP contribution in [0.4, 0.5) is 13.2 Å². The van der Waals surface area contributed by atoms with E-state index in [4.69, 9.17) is 14.2 Å². The van der Waals surface area contributed by atoms with Crippen molar-refractivity contribution in [3.8, 4) is 5.75 Å².